The van der Waals surface area contributed by atoms with Crippen LogP contribution in [0.2, 0.25) is 0 Å². The quantitative estimate of drug-likeness (QED) is 0.488. The van der Waals surface area contributed by atoms with Gasteiger partial charge in [0.2, 0.25) is 12.4 Å². The lowest BCUT2D eigenvalue weighted by Crippen LogP contribution is -2.19. The van der Waals surface area contributed by atoms with E-state index in [0.717, 1.165) is 24.2 Å². The van der Waals surface area contributed by atoms with Crippen molar-refractivity contribution in [3.05, 3.63) is 59.8 Å². The lowest BCUT2D eigenvalue weighted by Gasteiger charge is -2.14. The molecule has 1 atom stereocenters. The molecule has 0 aliphatic rings. The molecular formula is C19H21FN6O. The van der Waals surface area contributed by atoms with Gasteiger partial charge in [-0.3, -0.25) is 14.8 Å². The Morgan fingerprint density at radius 2 is 2.11 bits per heavy atom. The predicted molar refractivity (Wildman–Crippen MR) is 98.2 cm³/mol. The van der Waals surface area contributed by atoms with Crippen molar-refractivity contribution in [3.63, 3.8) is 0 Å². The highest BCUT2D eigenvalue weighted by atomic mass is 19.1. The van der Waals surface area contributed by atoms with Gasteiger partial charge in [-0.25, -0.2) is 9.97 Å². The maximum absolute atomic E-state index is 13.5. The minimum atomic E-state index is -0.547. The Bertz CT molecular complexity index is 926. The van der Waals surface area contributed by atoms with Crippen LogP contribution in [0.1, 0.15) is 43.4 Å². The monoisotopic (exact) mass is 368 g/mol. The average Bonchev–Trinajstić information content (AvgIpc) is 3.12. The second kappa shape index (κ2) is 8.48. The van der Waals surface area contributed by atoms with Crippen LogP contribution < -0.4 is 5.32 Å². The molecule has 7 nitrogen and oxygen atoms in total. The van der Waals surface area contributed by atoms with Crippen LogP contribution in [-0.4, -0.2) is 30.9 Å². The molecule has 140 valence electrons. The molecule has 0 saturated heterocycles. The number of imidazole rings is 1. The highest BCUT2D eigenvalue weighted by Gasteiger charge is 2.14. The van der Waals surface area contributed by atoms with Crippen LogP contribution in [-0.2, 0) is 17.8 Å². The number of halogens is 1. The molecular weight excluding hydrogens is 347 g/mol. The Kier molecular flexibility index (Phi) is 5.85. The molecule has 8 heteroatoms. The molecule has 0 radical (unpaired) electrons. The van der Waals surface area contributed by atoms with E-state index in [4.69, 9.17) is 0 Å². The maximum Gasteiger partial charge on any atom is 0.213 e. The number of rotatable bonds is 8. The van der Waals surface area contributed by atoms with Crippen molar-refractivity contribution in [1.29, 1.82) is 0 Å². The molecule has 0 bridgehead atoms. The number of carbonyl (C=O) groups excluding carboxylic acids is 1. The molecule has 0 fully saturated rings. The van der Waals surface area contributed by atoms with E-state index in [1.165, 1.54) is 6.07 Å². The zero-order chi connectivity index (χ0) is 19.2. The molecule has 0 aliphatic carbocycles. The molecule has 3 heterocycles. The maximum atomic E-state index is 13.5. The molecule has 3 rings (SSSR count). The average molecular weight is 368 g/mol. The summed E-state index contributed by atoms with van der Waals surface area (Å²) in [6.45, 7) is 4.38. The summed E-state index contributed by atoms with van der Waals surface area (Å²) in [5.41, 5.74) is 2.87. The van der Waals surface area contributed by atoms with Gasteiger partial charge >= 0.3 is 0 Å². The van der Waals surface area contributed by atoms with Gasteiger partial charge in [-0.1, -0.05) is 19.4 Å². The number of pyridine rings is 1. The fourth-order valence-corrected chi connectivity index (χ4v) is 2.80. The Balaban J connectivity index is 1.92. The van der Waals surface area contributed by atoms with E-state index in [-0.39, 0.29) is 6.04 Å². The summed E-state index contributed by atoms with van der Waals surface area (Å²) in [5, 5.41) is 2.69. The standard InChI is InChI=1S/C19H21FN6O/c1-3-5-14-17(22-10-16(24-14)13(2)23-12-27)11-26-9-8-21-19(26)15-6-4-7-18(20)25-15/h4,6-10,12-13H,3,5,11H2,1-2H3,(H,23,27). The van der Waals surface area contributed by atoms with Gasteiger partial charge in [-0.05, 0) is 25.5 Å². The topological polar surface area (TPSA) is 85.6 Å². The van der Waals surface area contributed by atoms with Gasteiger partial charge in [0.1, 0.15) is 5.69 Å². The molecule has 1 unspecified atom stereocenters. The second-order valence-corrected chi connectivity index (χ2v) is 6.17. The third-order valence-electron chi connectivity index (χ3n) is 4.18. The van der Waals surface area contributed by atoms with Crippen LogP contribution >= 0.6 is 0 Å². The van der Waals surface area contributed by atoms with Crippen LogP contribution in [0.4, 0.5) is 4.39 Å². The van der Waals surface area contributed by atoms with Crippen molar-refractivity contribution >= 4 is 6.41 Å². The first-order valence-corrected chi connectivity index (χ1v) is 8.80. The Labute approximate surface area is 156 Å². The molecule has 0 spiro atoms. The van der Waals surface area contributed by atoms with Gasteiger partial charge in [-0.2, -0.15) is 4.39 Å². The summed E-state index contributed by atoms with van der Waals surface area (Å²) in [6.07, 6.45) is 7.48. The first kappa shape index (κ1) is 18.6. The van der Waals surface area contributed by atoms with E-state index < -0.39 is 5.95 Å². The van der Waals surface area contributed by atoms with E-state index in [9.17, 15) is 9.18 Å². The fraction of sp³-hybridized carbons (Fsp3) is 0.316. The third-order valence-corrected chi connectivity index (χ3v) is 4.18. The van der Waals surface area contributed by atoms with E-state index in [0.29, 0.717) is 30.2 Å². The molecule has 27 heavy (non-hydrogen) atoms. The Morgan fingerprint density at radius 1 is 1.26 bits per heavy atom. The normalized spacial score (nSPS) is 12.0. The first-order chi connectivity index (χ1) is 13.1. The van der Waals surface area contributed by atoms with Gasteiger partial charge in [-0.15, -0.1) is 0 Å². The number of amides is 1. The minimum absolute atomic E-state index is 0.208. The predicted octanol–water partition coefficient (Wildman–Crippen LogP) is 2.68. The van der Waals surface area contributed by atoms with Crippen LogP contribution in [0.15, 0.2) is 36.8 Å². The largest absolute Gasteiger partial charge is 0.351 e. The fourth-order valence-electron chi connectivity index (χ4n) is 2.80. The highest BCUT2D eigenvalue weighted by Crippen LogP contribution is 2.19. The van der Waals surface area contributed by atoms with Crippen molar-refractivity contribution in [2.45, 2.75) is 39.3 Å². The zero-order valence-corrected chi connectivity index (χ0v) is 15.3. The van der Waals surface area contributed by atoms with Crippen LogP contribution in [0.25, 0.3) is 11.5 Å². The van der Waals surface area contributed by atoms with Crippen molar-refractivity contribution in [2.75, 3.05) is 0 Å². The molecule has 1 N–H and O–H groups in total. The first-order valence-electron chi connectivity index (χ1n) is 8.80. The van der Waals surface area contributed by atoms with E-state index in [1.807, 2.05) is 17.7 Å². The van der Waals surface area contributed by atoms with E-state index in [1.54, 1.807) is 24.5 Å². The summed E-state index contributed by atoms with van der Waals surface area (Å²) >= 11 is 0. The molecule has 3 aromatic rings. The van der Waals surface area contributed by atoms with E-state index in [2.05, 4.69) is 32.2 Å². The molecule has 0 aliphatic heterocycles. The summed E-state index contributed by atoms with van der Waals surface area (Å²) in [5.74, 6) is 0.0216. The molecule has 3 aromatic heterocycles. The van der Waals surface area contributed by atoms with Gasteiger partial charge in [0, 0.05) is 12.4 Å². The second-order valence-electron chi connectivity index (χ2n) is 6.17. The van der Waals surface area contributed by atoms with Gasteiger partial charge < -0.3 is 9.88 Å². The highest BCUT2D eigenvalue weighted by molar-refractivity contribution is 5.49. The van der Waals surface area contributed by atoms with Crippen molar-refractivity contribution in [3.8, 4) is 11.5 Å². The van der Waals surface area contributed by atoms with Gasteiger partial charge in [0.15, 0.2) is 5.82 Å². The van der Waals surface area contributed by atoms with Crippen molar-refractivity contribution < 1.29 is 9.18 Å². The zero-order valence-electron chi connectivity index (χ0n) is 15.3. The van der Waals surface area contributed by atoms with Gasteiger partial charge in [0.05, 0.1) is 35.9 Å². The SMILES string of the molecule is CCCc1nc(C(C)NC=O)cnc1Cn1ccnc1-c1cccc(F)n1. The van der Waals surface area contributed by atoms with E-state index >= 15 is 0 Å². The number of nitrogens with zero attached hydrogens (tertiary/aromatic N) is 5. The summed E-state index contributed by atoms with van der Waals surface area (Å²) in [7, 11) is 0. The molecule has 0 saturated carbocycles. The summed E-state index contributed by atoms with van der Waals surface area (Å²) < 4.78 is 15.3. The number of hydrogen-bond acceptors (Lipinski definition) is 5. The molecule has 0 aromatic carbocycles. The number of hydrogen-bond donors (Lipinski definition) is 1. The number of aromatic nitrogens is 5. The van der Waals surface area contributed by atoms with Gasteiger partial charge in [0.25, 0.3) is 0 Å². The van der Waals surface area contributed by atoms with Crippen LogP contribution in [0.5, 0.6) is 0 Å². The lowest BCUT2D eigenvalue weighted by atomic mass is 10.1. The number of nitrogens with one attached hydrogen (secondary N) is 1. The summed E-state index contributed by atoms with van der Waals surface area (Å²) in [6, 6.07) is 4.42. The van der Waals surface area contributed by atoms with Crippen molar-refractivity contribution in [2.24, 2.45) is 0 Å². The van der Waals surface area contributed by atoms with Crippen LogP contribution in [0, 0.1) is 5.95 Å². The summed E-state index contributed by atoms with van der Waals surface area (Å²) in [4.78, 5) is 28.1. The third kappa shape index (κ3) is 4.33. The lowest BCUT2D eigenvalue weighted by molar-refractivity contribution is -0.110. The van der Waals surface area contributed by atoms with Crippen molar-refractivity contribution in [1.82, 2.24) is 29.8 Å². The minimum Gasteiger partial charge on any atom is -0.351 e. The Hall–Kier alpha value is -3.16. The number of carbonyl (C=O) groups is 1. The smallest absolute Gasteiger partial charge is 0.213 e. The number of aryl methyl sites for hydroxylation is 1. The van der Waals surface area contributed by atoms with Crippen LogP contribution in [0.3, 0.4) is 0 Å². The Morgan fingerprint density at radius 3 is 2.85 bits per heavy atom. The molecule has 1 amide bonds.